The molecule has 0 aromatic heterocycles. The Balaban J connectivity index is 1.97. The van der Waals surface area contributed by atoms with Crippen LogP contribution in [0.1, 0.15) is 32.1 Å². The monoisotopic (exact) mass is 346 g/mol. The van der Waals surface area contributed by atoms with Crippen LogP contribution in [0.3, 0.4) is 0 Å². The predicted octanol–water partition coefficient (Wildman–Crippen LogP) is 4.09. The van der Waals surface area contributed by atoms with Gasteiger partial charge in [-0.1, -0.05) is 19.3 Å². The molecule has 1 aromatic carbocycles. The van der Waals surface area contributed by atoms with Gasteiger partial charge in [0.15, 0.2) is 18.1 Å². The Bertz CT molecular complexity index is 558. The molecule has 0 saturated heterocycles. The summed E-state index contributed by atoms with van der Waals surface area (Å²) in [7, 11) is 1.33. The van der Waals surface area contributed by atoms with Crippen molar-refractivity contribution in [3.63, 3.8) is 0 Å². The van der Waals surface area contributed by atoms with Gasteiger partial charge in [-0.25, -0.2) is 4.79 Å². The summed E-state index contributed by atoms with van der Waals surface area (Å²) in [5, 5.41) is 5.48. The lowest BCUT2D eigenvalue weighted by atomic mass is 9.96. The van der Waals surface area contributed by atoms with Crippen molar-refractivity contribution in [3.05, 3.63) is 18.2 Å². The number of halogens is 3. The van der Waals surface area contributed by atoms with E-state index in [-0.39, 0.29) is 23.6 Å². The van der Waals surface area contributed by atoms with E-state index in [2.05, 4.69) is 10.6 Å². The van der Waals surface area contributed by atoms with Gasteiger partial charge in [0.2, 0.25) is 0 Å². The van der Waals surface area contributed by atoms with Crippen molar-refractivity contribution >= 4 is 11.7 Å². The summed E-state index contributed by atoms with van der Waals surface area (Å²) >= 11 is 0. The van der Waals surface area contributed by atoms with E-state index in [9.17, 15) is 18.0 Å². The smallest absolute Gasteiger partial charge is 0.422 e. The van der Waals surface area contributed by atoms with Gasteiger partial charge in [-0.05, 0) is 25.0 Å². The normalized spacial score (nSPS) is 15.7. The quantitative estimate of drug-likeness (QED) is 0.844. The molecule has 5 nitrogen and oxygen atoms in total. The van der Waals surface area contributed by atoms with E-state index in [4.69, 9.17) is 9.47 Å². The Labute approximate surface area is 138 Å². The van der Waals surface area contributed by atoms with Crippen LogP contribution in [-0.2, 0) is 0 Å². The van der Waals surface area contributed by atoms with Crippen LogP contribution in [0.5, 0.6) is 11.5 Å². The fourth-order valence-corrected chi connectivity index (χ4v) is 2.63. The van der Waals surface area contributed by atoms with Crippen LogP contribution < -0.4 is 20.1 Å². The fraction of sp³-hybridized carbons (Fsp3) is 0.562. The molecule has 1 aliphatic carbocycles. The minimum atomic E-state index is -4.45. The van der Waals surface area contributed by atoms with Crippen molar-refractivity contribution in [2.45, 2.75) is 44.3 Å². The number of amides is 2. The van der Waals surface area contributed by atoms with Crippen LogP contribution in [-0.4, -0.2) is 32.0 Å². The Morgan fingerprint density at radius 2 is 1.92 bits per heavy atom. The second kappa shape index (κ2) is 8.12. The average molecular weight is 346 g/mol. The highest BCUT2D eigenvalue weighted by Crippen LogP contribution is 2.31. The average Bonchev–Trinajstić information content (AvgIpc) is 2.53. The van der Waals surface area contributed by atoms with Gasteiger partial charge >= 0.3 is 12.2 Å². The van der Waals surface area contributed by atoms with Crippen LogP contribution in [0.2, 0.25) is 0 Å². The van der Waals surface area contributed by atoms with Gasteiger partial charge in [-0.3, -0.25) is 0 Å². The molecule has 0 atom stereocenters. The van der Waals surface area contributed by atoms with E-state index >= 15 is 0 Å². The predicted molar refractivity (Wildman–Crippen MR) is 83.6 cm³/mol. The molecule has 1 fully saturated rings. The molecular weight excluding hydrogens is 325 g/mol. The largest absolute Gasteiger partial charge is 0.493 e. The zero-order valence-electron chi connectivity index (χ0n) is 13.4. The number of urea groups is 1. The molecule has 0 radical (unpaired) electrons. The third-order valence-corrected chi connectivity index (χ3v) is 3.75. The summed E-state index contributed by atoms with van der Waals surface area (Å²) in [4.78, 5) is 12.0. The third-order valence-electron chi connectivity index (χ3n) is 3.75. The summed E-state index contributed by atoms with van der Waals surface area (Å²) in [5.41, 5.74) is 0.335. The molecule has 0 bridgehead atoms. The topological polar surface area (TPSA) is 59.6 Å². The number of rotatable bonds is 5. The van der Waals surface area contributed by atoms with Crippen LogP contribution in [0, 0.1) is 0 Å². The Hall–Kier alpha value is -2.12. The summed E-state index contributed by atoms with van der Waals surface area (Å²) < 4.78 is 46.6. The number of carbonyl (C=O) groups is 1. The molecule has 0 spiro atoms. The van der Waals surface area contributed by atoms with Crippen molar-refractivity contribution < 1.29 is 27.4 Å². The second-order valence-electron chi connectivity index (χ2n) is 5.70. The first-order chi connectivity index (χ1) is 11.4. The first-order valence-electron chi connectivity index (χ1n) is 7.82. The Morgan fingerprint density at radius 1 is 1.21 bits per heavy atom. The summed E-state index contributed by atoms with van der Waals surface area (Å²) in [6.45, 7) is -1.43. The van der Waals surface area contributed by atoms with Gasteiger partial charge in [0, 0.05) is 17.8 Å². The maximum Gasteiger partial charge on any atom is 0.422 e. The van der Waals surface area contributed by atoms with Crippen molar-refractivity contribution in [2.75, 3.05) is 19.0 Å². The van der Waals surface area contributed by atoms with Crippen molar-refractivity contribution in [2.24, 2.45) is 0 Å². The lowest BCUT2D eigenvalue weighted by Crippen LogP contribution is -2.39. The molecular formula is C16H21F3N2O3. The minimum Gasteiger partial charge on any atom is -0.493 e. The Morgan fingerprint density at radius 3 is 2.54 bits per heavy atom. The highest BCUT2D eigenvalue weighted by molar-refractivity contribution is 5.89. The van der Waals surface area contributed by atoms with Crippen LogP contribution in [0.25, 0.3) is 0 Å². The summed E-state index contributed by atoms with van der Waals surface area (Å²) in [6.07, 6.45) is 0.781. The zero-order chi connectivity index (χ0) is 17.6. The molecule has 24 heavy (non-hydrogen) atoms. The third kappa shape index (κ3) is 5.82. The van der Waals surface area contributed by atoms with E-state index in [1.807, 2.05) is 0 Å². The number of alkyl halides is 3. The van der Waals surface area contributed by atoms with Crippen molar-refractivity contribution in [1.82, 2.24) is 5.32 Å². The van der Waals surface area contributed by atoms with Gasteiger partial charge < -0.3 is 20.1 Å². The van der Waals surface area contributed by atoms with Crippen LogP contribution in [0.15, 0.2) is 18.2 Å². The van der Waals surface area contributed by atoms with E-state index < -0.39 is 12.8 Å². The number of anilines is 1. The SMILES string of the molecule is COc1ccc(NC(=O)NC2CCCCC2)cc1OCC(F)(F)F. The molecule has 1 aromatic rings. The number of benzene rings is 1. The first kappa shape index (κ1) is 18.2. The van der Waals surface area contributed by atoms with E-state index in [1.54, 1.807) is 6.07 Å². The van der Waals surface area contributed by atoms with E-state index in [0.717, 1.165) is 25.7 Å². The highest BCUT2D eigenvalue weighted by Gasteiger charge is 2.29. The zero-order valence-corrected chi connectivity index (χ0v) is 13.4. The number of nitrogens with one attached hydrogen (secondary N) is 2. The molecule has 2 N–H and O–H groups in total. The summed E-state index contributed by atoms with van der Waals surface area (Å²) in [6, 6.07) is 4.05. The van der Waals surface area contributed by atoms with Gasteiger partial charge in [0.05, 0.1) is 7.11 Å². The number of hydrogen-bond donors (Lipinski definition) is 2. The number of hydrogen-bond acceptors (Lipinski definition) is 3. The molecule has 2 rings (SSSR count). The highest BCUT2D eigenvalue weighted by atomic mass is 19.4. The Kier molecular flexibility index (Phi) is 6.16. The molecule has 1 aliphatic rings. The maximum atomic E-state index is 12.3. The fourth-order valence-electron chi connectivity index (χ4n) is 2.63. The molecule has 134 valence electrons. The maximum absolute atomic E-state index is 12.3. The minimum absolute atomic E-state index is 0.0784. The van der Waals surface area contributed by atoms with E-state index in [0.29, 0.717) is 5.69 Å². The van der Waals surface area contributed by atoms with Gasteiger partial charge in [0.25, 0.3) is 0 Å². The van der Waals surface area contributed by atoms with Gasteiger partial charge in [-0.2, -0.15) is 13.2 Å². The lowest BCUT2D eigenvalue weighted by molar-refractivity contribution is -0.153. The molecule has 0 unspecified atom stereocenters. The molecule has 0 heterocycles. The molecule has 8 heteroatoms. The van der Waals surface area contributed by atoms with Crippen LogP contribution in [0.4, 0.5) is 23.7 Å². The molecule has 0 aliphatic heterocycles. The van der Waals surface area contributed by atoms with Crippen molar-refractivity contribution in [1.29, 1.82) is 0 Å². The number of methoxy groups -OCH3 is 1. The van der Waals surface area contributed by atoms with E-state index in [1.165, 1.54) is 25.7 Å². The molecule has 1 saturated carbocycles. The van der Waals surface area contributed by atoms with Crippen LogP contribution >= 0.6 is 0 Å². The number of ether oxygens (including phenoxy) is 2. The lowest BCUT2D eigenvalue weighted by Gasteiger charge is -2.23. The molecule has 2 amide bonds. The van der Waals surface area contributed by atoms with Gasteiger partial charge in [-0.15, -0.1) is 0 Å². The summed E-state index contributed by atoms with van der Waals surface area (Å²) in [5.74, 6) is 0.0859. The van der Waals surface area contributed by atoms with Crippen molar-refractivity contribution in [3.8, 4) is 11.5 Å². The first-order valence-corrected chi connectivity index (χ1v) is 7.82. The standard InChI is InChI=1S/C16H21F3N2O3/c1-23-13-8-7-12(9-14(13)24-10-16(17,18)19)21-15(22)20-11-5-3-2-4-6-11/h7-9,11H,2-6,10H2,1H3,(H2,20,21,22). The van der Waals surface area contributed by atoms with Gasteiger partial charge in [0.1, 0.15) is 0 Å². The number of carbonyl (C=O) groups excluding carboxylic acids is 1. The second-order valence-corrected chi connectivity index (χ2v) is 5.70.